The first-order valence-electron chi connectivity index (χ1n) is 4.10. The minimum absolute atomic E-state index is 0.607. The summed E-state index contributed by atoms with van der Waals surface area (Å²) >= 11 is 5.03. The van der Waals surface area contributed by atoms with E-state index in [0.717, 1.165) is 10.2 Å². The molecule has 0 aromatic carbocycles. The molecule has 0 saturated heterocycles. The lowest BCUT2D eigenvalue weighted by molar-refractivity contribution is 0.308. The first kappa shape index (κ1) is 9.68. The van der Waals surface area contributed by atoms with Gasteiger partial charge in [0.25, 0.3) is 0 Å². The number of rotatable bonds is 3. The Morgan fingerprint density at radius 2 is 2.36 bits per heavy atom. The molecule has 0 spiro atoms. The third kappa shape index (κ3) is 2.56. The van der Waals surface area contributed by atoms with E-state index < -0.39 is 0 Å². The summed E-state index contributed by atoms with van der Waals surface area (Å²) in [6.45, 7) is 0.607. The van der Waals surface area contributed by atoms with Gasteiger partial charge in [0, 0.05) is 15.5 Å². The van der Waals surface area contributed by atoms with Crippen LogP contribution in [0, 0.1) is 0 Å². The number of hydrogen-bond acceptors (Lipinski definition) is 3. The molecule has 2 heterocycles. The van der Waals surface area contributed by atoms with Crippen molar-refractivity contribution in [1.82, 2.24) is 4.98 Å². The first-order valence-corrected chi connectivity index (χ1v) is 5.77. The summed E-state index contributed by atoms with van der Waals surface area (Å²) in [5, 5.41) is 2.04. The Hall–Kier alpha value is -0.870. The fourth-order valence-corrected chi connectivity index (χ4v) is 1.98. The van der Waals surface area contributed by atoms with E-state index in [1.807, 2.05) is 17.5 Å². The maximum absolute atomic E-state index is 5.55. The fraction of sp³-hybridized carbons (Fsp3) is 0.100. The molecule has 2 rings (SSSR count). The highest BCUT2D eigenvalue weighted by molar-refractivity contribution is 9.10. The second kappa shape index (κ2) is 4.57. The van der Waals surface area contributed by atoms with E-state index in [0.29, 0.717) is 6.61 Å². The van der Waals surface area contributed by atoms with Crippen LogP contribution in [0.2, 0.25) is 0 Å². The molecule has 0 amide bonds. The monoisotopic (exact) mass is 269 g/mol. The topological polar surface area (TPSA) is 22.1 Å². The lowest BCUT2D eigenvalue weighted by Gasteiger charge is -2.03. The van der Waals surface area contributed by atoms with E-state index in [2.05, 4.69) is 27.0 Å². The molecule has 4 heteroatoms. The van der Waals surface area contributed by atoms with Gasteiger partial charge in [-0.15, -0.1) is 11.3 Å². The van der Waals surface area contributed by atoms with Gasteiger partial charge < -0.3 is 4.74 Å². The zero-order valence-corrected chi connectivity index (χ0v) is 9.72. The van der Waals surface area contributed by atoms with Crippen LogP contribution >= 0.6 is 27.3 Å². The number of aromatic nitrogens is 1. The zero-order chi connectivity index (χ0) is 9.80. The molecule has 0 atom stereocenters. The molecular formula is C10H8BrNOS. The number of hydrogen-bond donors (Lipinski definition) is 0. The summed E-state index contributed by atoms with van der Waals surface area (Å²) in [6.07, 6.45) is 3.44. The van der Waals surface area contributed by atoms with Crippen LogP contribution in [-0.2, 0) is 6.61 Å². The lowest BCUT2D eigenvalue weighted by atomic mass is 10.4. The lowest BCUT2D eigenvalue weighted by Crippen LogP contribution is -1.92. The summed E-state index contributed by atoms with van der Waals surface area (Å²) in [5.41, 5.74) is 0. The summed E-state index contributed by atoms with van der Waals surface area (Å²) in [6, 6.07) is 5.97. The molecule has 14 heavy (non-hydrogen) atoms. The van der Waals surface area contributed by atoms with Crippen molar-refractivity contribution >= 4 is 27.3 Å². The molecule has 0 aliphatic rings. The molecule has 2 aromatic heterocycles. The highest BCUT2D eigenvalue weighted by atomic mass is 79.9. The van der Waals surface area contributed by atoms with E-state index >= 15 is 0 Å². The van der Waals surface area contributed by atoms with Crippen LogP contribution in [0.4, 0.5) is 0 Å². The predicted molar refractivity (Wildman–Crippen MR) is 60.6 cm³/mol. The molecule has 0 aliphatic heterocycles. The van der Waals surface area contributed by atoms with Crippen molar-refractivity contribution in [2.75, 3.05) is 0 Å². The van der Waals surface area contributed by atoms with Gasteiger partial charge in [-0.1, -0.05) is 6.07 Å². The van der Waals surface area contributed by atoms with E-state index in [1.165, 1.54) is 4.88 Å². The van der Waals surface area contributed by atoms with Gasteiger partial charge in [-0.3, -0.25) is 4.98 Å². The number of pyridine rings is 1. The van der Waals surface area contributed by atoms with Gasteiger partial charge in [-0.05, 0) is 33.4 Å². The highest BCUT2D eigenvalue weighted by Gasteiger charge is 1.97. The van der Waals surface area contributed by atoms with Crippen molar-refractivity contribution in [3.05, 3.63) is 45.3 Å². The summed E-state index contributed by atoms with van der Waals surface area (Å²) in [4.78, 5) is 5.23. The van der Waals surface area contributed by atoms with Crippen LogP contribution in [0.1, 0.15) is 4.88 Å². The van der Waals surface area contributed by atoms with Gasteiger partial charge >= 0.3 is 0 Å². The zero-order valence-electron chi connectivity index (χ0n) is 7.31. The van der Waals surface area contributed by atoms with Crippen LogP contribution in [0.15, 0.2) is 40.4 Å². The second-order valence-corrected chi connectivity index (χ2v) is 4.65. The van der Waals surface area contributed by atoms with Gasteiger partial charge in [-0.2, -0.15) is 0 Å². The van der Waals surface area contributed by atoms with Crippen LogP contribution in [0.5, 0.6) is 5.75 Å². The molecule has 2 nitrogen and oxygen atoms in total. The van der Waals surface area contributed by atoms with Crippen molar-refractivity contribution in [3.63, 3.8) is 0 Å². The molecule has 0 radical (unpaired) electrons. The van der Waals surface area contributed by atoms with E-state index in [1.54, 1.807) is 23.7 Å². The Kier molecular flexibility index (Phi) is 3.16. The predicted octanol–water partition coefficient (Wildman–Crippen LogP) is 3.48. The Bertz CT molecular complexity index is 402. The third-order valence-corrected chi connectivity index (χ3v) is 2.92. The fourth-order valence-electron chi connectivity index (χ4n) is 1.02. The van der Waals surface area contributed by atoms with Crippen LogP contribution in [0.3, 0.4) is 0 Å². The smallest absolute Gasteiger partial charge is 0.139 e. The Labute approximate surface area is 94.7 Å². The minimum atomic E-state index is 0.607. The second-order valence-electron chi connectivity index (χ2n) is 2.71. The van der Waals surface area contributed by atoms with Gasteiger partial charge in [0.15, 0.2) is 0 Å². The van der Waals surface area contributed by atoms with E-state index in [-0.39, 0.29) is 0 Å². The van der Waals surface area contributed by atoms with Gasteiger partial charge in [0.2, 0.25) is 0 Å². The molecule has 0 bridgehead atoms. The van der Waals surface area contributed by atoms with Gasteiger partial charge in [0.1, 0.15) is 12.4 Å². The van der Waals surface area contributed by atoms with Crippen LogP contribution in [0.25, 0.3) is 0 Å². The van der Waals surface area contributed by atoms with Gasteiger partial charge in [0.05, 0.1) is 6.20 Å². The molecule has 0 aliphatic carbocycles. The van der Waals surface area contributed by atoms with Gasteiger partial charge in [-0.25, -0.2) is 0 Å². The Balaban J connectivity index is 1.98. The maximum Gasteiger partial charge on any atom is 0.139 e. The number of halogens is 1. The largest absolute Gasteiger partial charge is 0.486 e. The molecular weight excluding hydrogens is 262 g/mol. The minimum Gasteiger partial charge on any atom is -0.486 e. The Morgan fingerprint density at radius 3 is 3.07 bits per heavy atom. The summed E-state index contributed by atoms with van der Waals surface area (Å²) < 4.78 is 6.48. The number of ether oxygens (including phenoxy) is 1. The highest BCUT2D eigenvalue weighted by Crippen LogP contribution is 2.18. The van der Waals surface area contributed by atoms with Crippen molar-refractivity contribution in [1.29, 1.82) is 0 Å². The summed E-state index contributed by atoms with van der Waals surface area (Å²) in [5.74, 6) is 0.785. The van der Waals surface area contributed by atoms with Crippen LogP contribution < -0.4 is 4.74 Å². The normalized spacial score (nSPS) is 10.1. The van der Waals surface area contributed by atoms with Crippen LogP contribution in [-0.4, -0.2) is 4.98 Å². The van der Waals surface area contributed by atoms with Crippen molar-refractivity contribution < 1.29 is 4.74 Å². The molecule has 0 unspecified atom stereocenters. The molecule has 0 fully saturated rings. The Morgan fingerprint density at radius 1 is 1.43 bits per heavy atom. The SMILES string of the molecule is Brc1cncc(OCc2cccs2)c1. The standard InChI is InChI=1S/C10H8BrNOS/c11-8-4-9(6-12-5-8)13-7-10-2-1-3-14-10/h1-6H,7H2. The van der Waals surface area contributed by atoms with E-state index in [4.69, 9.17) is 4.74 Å². The first-order chi connectivity index (χ1) is 6.84. The average molecular weight is 270 g/mol. The molecule has 0 N–H and O–H groups in total. The molecule has 2 aromatic rings. The average Bonchev–Trinajstić information content (AvgIpc) is 2.67. The van der Waals surface area contributed by atoms with Crippen molar-refractivity contribution in [2.24, 2.45) is 0 Å². The van der Waals surface area contributed by atoms with E-state index in [9.17, 15) is 0 Å². The van der Waals surface area contributed by atoms with Crippen molar-refractivity contribution in [2.45, 2.75) is 6.61 Å². The quantitative estimate of drug-likeness (QED) is 0.851. The third-order valence-electron chi connectivity index (χ3n) is 1.64. The molecule has 72 valence electrons. The van der Waals surface area contributed by atoms with Crippen molar-refractivity contribution in [3.8, 4) is 5.75 Å². The maximum atomic E-state index is 5.55. The number of nitrogens with zero attached hydrogens (tertiary/aromatic N) is 1. The summed E-state index contributed by atoms with van der Waals surface area (Å²) in [7, 11) is 0. The number of thiophene rings is 1. The molecule has 0 saturated carbocycles.